The Kier molecular flexibility index (Phi) is 2.98. The van der Waals surface area contributed by atoms with Crippen LogP contribution in [-0.2, 0) is 11.2 Å². The summed E-state index contributed by atoms with van der Waals surface area (Å²) in [5.41, 5.74) is 0.210. The van der Waals surface area contributed by atoms with E-state index in [1.807, 2.05) is 18.2 Å². The highest BCUT2D eigenvalue weighted by molar-refractivity contribution is 6.53. The zero-order chi connectivity index (χ0) is 12.0. The lowest BCUT2D eigenvalue weighted by Gasteiger charge is -2.11. The van der Waals surface area contributed by atoms with Crippen molar-refractivity contribution >= 4 is 40.6 Å². The number of Topliss-reactive ketones (excluding diaryl/α,β-unsaturated/α-hetero) is 1. The lowest BCUT2D eigenvalue weighted by atomic mass is 9.97. The van der Waals surface area contributed by atoms with E-state index >= 15 is 0 Å². The summed E-state index contributed by atoms with van der Waals surface area (Å²) in [6.45, 7) is 1.80. The number of rotatable bonds is 3. The van der Waals surface area contributed by atoms with Crippen molar-refractivity contribution in [3.05, 3.63) is 34.9 Å². The minimum absolute atomic E-state index is 0.0469. The number of carbonyl (C=O) groups is 1. The minimum atomic E-state index is -0.897. The van der Waals surface area contributed by atoms with Crippen LogP contribution in [0.3, 0.4) is 0 Å². The van der Waals surface area contributed by atoms with E-state index in [4.69, 9.17) is 34.8 Å². The second kappa shape index (κ2) is 3.90. The van der Waals surface area contributed by atoms with Crippen LogP contribution in [-0.4, -0.2) is 10.1 Å². The van der Waals surface area contributed by atoms with Crippen LogP contribution in [0.1, 0.15) is 18.9 Å². The number of hydrogen-bond donors (Lipinski definition) is 0. The molecule has 0 aromatic heterocycles. The smallest absolute Gasteiger partial charge is 0.146 e. The fourth-order valence-corrected chi connectivity index (χ4v) is 2.66. The molecular weight excluding hydrogens is 266 g/mol. The number of ketones is 1. The molecule has 2 rings (SSSR count). The number of halogens is 3. The third kappa shape index (κ3) is 1.97. The van der Waals surface area contributed by atoms with Crippen LogP contribution < -0.4 is 0 Å². The summed E-state index contributed by atoms with van der Waals surface area (Å²) in [6.07, 6.45) is 0.809. The van der Waals surface area contributed by atoms with Gasteiger partial charge in [0, 0.05) is 11.4 Å². The minimum Gasteiger partial charge on any atom is -0.299 e. The first-order chi connectivity index (χ1) is 7.37. The molecule has 86 valence electrons. The van der Waals surface area contributed by atoms with Gasteiger partial charge in [0.15, 0.2) is 0 Å². The largest absolute Gasteiger partial charge is 0.299 e. The van der Waals surface area contributed by atoms with Crippen LogP contribution in [0.5, 0.6) is 0 Å². The SMILES string of the molecule is CC1(C(=O)Cc2ccccc2Cl)CC1(Cl)Cl. The van der Waals surface area contributed by atoms with Crippen molar-refractivity contribution in [2.24, 2.45) is 5.41 Å². The number of benzene rings is 1. The molecular formula is C12H11Cl3O. The molecule has 1 unspecified atom stereocenters. The molecule has 0 heterocycles. The van der Waals surface area contributed by atoms with Crippen LogP contribution in [0, 0.1) is 5.41 Å². The van der Waals surface area contributed by atoms with Gasteiger partial charge in [0.1, 0.15) is 10.1 Å². The molecule has 16 heavy (non-hydrogen) atoms. The second-order valence-electron chi connectivity index (χ2n) is 4.40. The standard InChI is InChI=1S/C12H11Cl3O/c1-11(7-12(11,14)15)10(16)6-8-4-2-3-5-9(8)13/h2-5H,6-7H2,1H3. The van der Waals surface area contributed by atoms with E-state index in [0.717, 1.165) is 5.56 Å². The number of alkyl halides is 2. The summed E-state index contributed by atoms with van der Waals surface area (Å²) >= 11 is 17.9. The molecule has 1 aliphatic rings. The van der Waals surface area contributed by atoms with E-state index in [1.165, 1.54) is 0 Å². The highest BCUT2D eigenvalue weighted by Crippen LogP contribution is 2.64. The Bertz CT molecular complexity index is 442. The molecule has 0 N–H and O–H groups in total. The third-order valence-corrected chi connectivity index (χ3v) is 4.65. The van der Waals surface area contributed by atoms with E-state index in [2.05, 4.69) is 0 Å². The highest BCUT2D eigenvalue weighted by atomic mass is 35.5. The molecule has 1 aromatic carbocycles. The zero-order valence-corrected chi connectivity index (χ0v) is 11.0. The summed E-state index contributed by atoms with van der Waals surface area (Å²) < 4.78 is -0.897. The zero-order valence-electron chi connectivity index (χ0n) is 8.77. The average molecular weight is 278 g/mol. The maximum atomic E-state index is 12.0. The third-order valence-electron chi connectivity index (χ3n) is 3.18. The van der Waals surface area contributed by atoms with E-state index < -0.39 is 9.75 Å². The topological polar surface area (TPSA) is 17.1 Å². The van der Waals surface area contributed by atoms with Crippen molar-refractivity contribution in [3.63, 3.8) is 0 Å². The fourth-order valence-electron chi connectivity index (χ4n) is 1.71. The van der Waals surface area contributed by atoms with Crippen molar-refractivity contribution in [2.45, 2.75) is 24.1 Å². The summed E-state index contributed by atoms with van der Waals surface area (Å²) in [5, 5.41) is 0.606. The van der Waals surface area contributed by atoms with Gasteiger partial charge in [-0.2, -0.15) is 0 Å². The van der Waals surface area contributed by atoms with Gasteiger partial charge in [0.05, 0.1) is 5.41 Å². The maximum absolute atomic E-state index is 12.0. The van der Waals surface area contributed by atoms with Gasteiger partial charge >= 0.3 is 0 Å². The molecule has 1 aliphatic carbocycles. The van der Waals surface area contributed by atoms with Gasteiger partial charge in [-0.1, -0.05) is 29.8 Å². The molecule has 0 amide bonds. The van der Waals surface area contributed by atoms with E-state index in [0.29, 0.717) is 11.4 Å². The molecule has 1 saturated carbocycles. The van der Waals surface area contributed by atoms with Gasteiger partial charge in [-0.25, -0.2) is 0 Å². The molecule has 0 aliphatic heterocycles. The first-order valence-electron chi connectivity index (χ1n) is 5.01. The van der Waals surface area contributed by atoms with Gasteiger partial charge in [-0.15, -0.1) is 23.2 Å². The van der Waals surface area contributed by atoms with Gasteiger partial charge in [0.2, 0.25) is 0 Å². The molecule has 0 bridgehead atoms. The Morgan fingerprint density at radius 1 is 1.38 bits per heavy atom. The normalized spacial score (nSPS) is 26.5. The molecule has 0 radical (unpaired) electrons. The van der Waals surface area contributed by atoms with Crippen LogP contribution >= 0.6 is 34.8 Å². The van der Waals surface area contributed by atoms with E-state index in [-0.39, 0.29) is 12.2 Å². The predicted octanol–water partition coefficient (Wildman–Crippen LogP) is 4.04. The van der Waals surface area contributed by atoms with Gasteiger partial charge in [-0.3, -0.25) is 4.79 Å². The number of hydrogen-bond acceptors (Lipinski definition) is 1. The van der Waals surface area contributed by atoms with Crippen LogP contribution in [0.15, 0.2) is 24.3 Å². The van der Waals surface area contributed by atoms with Crippen molar-refractivity contribution in [3.8, 4) is 0 Å². The van der Waals surface area contributed by atoms with Crippen LogP contribution in [0.4, 0.5) is 0 Å². The Balaban J connectivity index is 2.13. The van der Waals surface area contributed by atoms with Crippen molar-refractivity contribution in [2.75, 3.05) is 0 Å². The first kappa shape index (κ1) is 12.2. The molecule has 0 spiro atoms. The Hall–Kier alpha value is -0.240. The quantitative estimate of drug-likeness (QED) is 0.762. The summed E-state index contributed by atoms with van der Waals surface area (Å²) in [5.74, 6) is 0.0469. The fraction of sp³-hybridized carbons (Fsp3) is 0.417. The van der Waals surface area contributed by atoms with Crippen molar-refractivity contribution in [1.29, 1.82) is 0 Å². The van der Waals surface area contributed by atoms with Crippen LogP contribution in [0.25, 0.3) is 0 Å². The highest BCUT2D eigenvalue weighted by Gasteiger charge is 2.67. The molecule has 1 atom stereocenters. The van der Waals surface area contributed by atoms with E-state index in [1.54, 1.807) is 13.0 Å². The lowest BCUT2D eigenvalue weighted by Crippen LogP contribution is -2.20. The van der Waals surface area contributed by atoms with Crippen molar-refractivity contribution in [1.82, 2.24) is 0 Å². The molecule has 4 heteroatoms. The number of carbonyl (C=O) groups excluding carboxylic acids is 1. The molecule has 1 nitrogen and oxygen atoms in total. The Morgan fingerprint density at radius 3 is 2.44 bits per heavy atom. The summed E-state index contributed by atoms with van der Waals surface area (Å²) in [6, 6.07) is 7.31. The van der Waals surface area contributed by atoms with E-state index in [9.17, 15) is 4.79 Å². The monoisotopic (exact) mass is 276 g/mol. The van der Waals surface area contributed by atoms with Gasteiger partial charge < -0.3 is 0 Å². The maximum Gasteiger partial charge on any atom is 0.146 e. The summed E-state index contributed by atoms with van der Waals surface area (Å²) in [7, 11) is 0. The van der Waals surface area contributed by atoms with Crippen LogP contribution in [0.2, 0.25) is 5.02 Å². The predicted molar refractivity (Wildman–Crippen MR) is 67.3 cm³/mol. The lowest BCUT2D eigenvalue weighted by molar-refractivity contribution is -0.122. The van der Waals surface area contributed by atoms with Gasteiger partial charge in [-0.05, 0) is 25.0 Å². The summed E-state index contributed by atoms with van der Waals surface area (Å²) in [4.78, 5) is 12.0. The van der Waals surface area contributed by atoms with Gasteiger partial charge in [0.25, 0.3) is 0 Å². The molecule has 1 fully saturated rings. The molecule has 1 aromatic rings. The average Bonchev–Trinajstić information content (AvgIpc) is 2.71. The second-order valence-corrected chi connectivity index (χ2v) is 6.30. The van der Waals surface area contributed by atoms with Crippen molar-refractivity contribution < 1.29 is 4.79 Å². The Morgan fingerprint density at radius 2 is 1.94 bits per heavy atom. The molecule has 0 saturated heterocycles. The Labute approximate surface area is 110 Å². The first-order valence-corrected chi connectivity index (χ1v) is 6.15.